The fourth-order valence-electron chi connectivity index (χ4n) is 2.00. The number of carbonyl (C=O) groups is 1. The highest BCUT2D eigenvalue weighted by atomic mass is 127. The molecule has 1 heterocycles. The zero-order valence-electron chi connectivity index (χ0n) is 11.9. The number of amidine groups is 1. The zero-order valence-corrected chi connectivity index (χ0v) is 14.8. The first-order valence-corrected chi connectivity index (χ1v) is 8.60. The highest BCUT2D eigenvalue weighted by Crippen LogP contribution is 2.33. The van der Waals surface area contributed by atoms with Crippen LogP contribution in [0.2, 0.25) is 0 Å². The SMILES string of the molecule is CN1C(=O)C(=Cc2ccccc2I)SC1=Nc1ccccc1. The lowest BCUT2D eigenvalue weighted by Crippen LogP contribution is -2.23. The third kappa shape index (κ3) is 3.25. The summed E-state index contributed by atoms with van der Waals surface area (Å²) in [6, 6.07) is 17.7. The maximum Gasteiger partial charge on any atom is 0.266 e. The van der Waals surface area contributed by atoms with Gasteiger partial charge >= 0.3 is 0 Å². The van der Waals surface area contributed by atoms with E-state index < -0.39 is 0 Å². The van der Waals surface area contributed by atoms with Crippen LogP contribution in [0, 0.1) is 3.57 Å². The van der Waals surface area contributed by atoms with Crippen LogP contribution >= 0.6 is 34.4 Å². The number of hydrogen-bond donors (Lipinski definition) is 0. The molecule has 0 aliphatic carbocycles. The Morgan fingerprint density at radius 2 is 1.77 bits per heavy atom. The molecule has 0 radical (unpaired) electrons. The molecule has 1 amide bonds. The van der Waals surface area contributed by atoms with Crippen LogP contribution in [-0.2, 0) is 4.79 Å². The first-order valence-electron chi connectivity index (χ1n) is 6.71. The average molecular weight is 420 g/mol. The van der Waals surface area contributed by atoms with Crippen LogP contribution < -0.4 is 0 Å². The van der Waals surface area contributed by atoms with Gasteiger partial charge in [0.25, 0.3) is 5.91 Å². The lowest BCUT2D eigenvalue weighted by atomic mass is 10.2. The molecule has 1 aliphatic rings. The van der Waals surface area contributed by atoms with Crippen molar-refractivity contribution >= 4 is 57.2 Å². The average Bonchev–Trinajstić information content (AvgIpc) is 2.79. The summed E-state index contributed by atoms with van der Waals surface area (Å²) in [4.78, 5) is 19.2. The number of para-hydroxylation sites is 1. The summed E-state index contributed by atoms with van der Waals surface area (Å²) in [6.45, 7) is 0. The maximum absolute atomic E-state index is 12.4. The molecule has 3 rings (SSSR count). The number of carbonyl (C=O) groups excluding carboxylic acids is 1. The minimum Gasteiger partial charge on any atom is -0.290 e. The van der Waals surface area contributed by atoms with E-state index >= 15 is 0 Å². The number of hydrogen-bond acceptors (Lipinski definition) is 3. The molecule has 0 unspecified atom stereocenters. The molecule has 0 bridgehead atoms. The van der Waals surface area contributed by atoms with Gasteiger partial charge in [0.05, 0.1) is 10.6 Å². The van der Waals surface area contributed by atoms with Gasteiger partial charge in [0.2, 0.25) is 0 Å². The molecule has 5 heteroatoms. The molecule has 0 spiro atoms. The van der Waals surface area contributed by atoms with E-state index in [-0.39, 0.29) is 5.91 Å². The second-order valence-corrected chi connectivity index (χ2v) is 6.90. The lowest BCUT2D eigenvalue weighted by molar-refractivity contribution is -0.121. The Morgan fingerprint density at radius 1 is 1.09 bits per heavy atom. The molecule has 0 aromatic heterocycles. The maximum atomic E-state index is 12.4. The summed E-state index contributed by atoms with van der Waals surface area (Å²) in [5.41, 5.74) is 1.90. The van der Waals surface area contributed by atoms with Crippen molar-refractivity contribution in [3.05, 3.63) is 68.6 Å². The molecule has 1 saturated heterocycles. The van der Waals surface area contributed by atoms with Gasteiger partial charge < -0.3 is 0 Å². The van der Waals surface area contributed by atoms with Crippen LogP contribution in [0.5, 0.6) is 0 Å². The van der Waals surface area contributed by atoms with Crippen LogP contribution in [0.15, 0.2) is 64.5 Å². The Kier molecular flexibility index (Phi) is 4.63. The van der Waals surface area contributed by atoms with Crippen LogP contribution in [-0.4, -0.2) is 23.0 Å². The van der Waals surface area contributed by atoms with E-state index in [0.717, 1.165) is 14.8 Å². The van der Waals surface area contributed by atoms with E-state index in [1.54, 1.807) is 11.9 Å². The van der Waals surface area contributed by atoms with Crippen molar-refractivity contribution in [3.63, 3.8) is 0 Å². The second-order valence-electron chi connectivity index (χ2n) is 4.73. The van der Waals surface area contributed by atoms with Gasteiger partial charge in [-0.25, -0.2) is 4.99 Å². The second kappa shape index (κ2) is 6.66. The van der Waals surface area contributed by atoms with Crippen molar-refractivity contribution in [3.8, 4) is 0 Å². The number of rotatable bonds is 2. The quantitative estimate of drug-likeness (QED) is 0.529. The summed E-state index contributed by atoms with van der Waals surface area (Å²) in [5, 5.41) is 0.702. The molecule has 2 aromatic carbocycles. The minimum absolute atomic E-state index is 0.0145. The van der Waals surface area contributed by atoms with Gasteiger partial charge in [-0.05, 0) is 64.2 Å². The minimum atomic E-state index is -0.0145. The monoisotopic (exact) mass is 420 g/mol. The van der Waals surface area contributed by atoms with Crippen molar-refractivity contribution in [2.24, 2.45) is 4.99 Å². The highest BCUT2D eigenvalue weighted by Gasteiger charge is 2.30. The molecule has 0 atom stereocenters. The number of likely N-dealkylation sites (N-methyl/N-ethyl adjacent to an activating group) is 1. The van der Waals surface area contributed by atoms with Gasteiger partial charge in [-0.1, -0.05) is 36.4 Å². The number of nitrogens with zero attached hydrogens (tertiary/aromatic N) is 2. The Hall–Kier alpha value is -1.60. The molecule has 3 nitrogen and oxygen atoms in total. The molecule has 0 N–H and O–H groups in total. The summed E-state index contributed by atoms with van der Waals surface area (Å²) >= 11 is 3.68. The van der Waals surface area contributed by atoms with Crippen molar-refractivity contribution in [1.29, 1.82) is 0 Å². The van der Waals surface area contributed by atoms with Gasteiger partial charge in [-0.15, -0.1) is 0 Å². The van der Waals surface area contributed by atoms with Crippen LogP contribution in [0.3, 0.4) is 0 Å². The molecule has 22 heavy (non-hydrogen) atoms. The van der Waals surface area contributed by atoms with E-state index in [4.69, 9.17) is 0 Å². The summed E-state index contributed by atoms with van der Waals surface area (Å²) in [6.07, 6.45) is 1.93. The molecule has 110 valence electrons. The fourth-order valence-corrected chi connectivity index (χ4v) is 3.52. The van der Waals surface area contributed by atoms with Gasteiger partial charge in [0, 0.05) is 10.6 Å². The lowest BCUT2D eigenvalue weighted by Gasteiger charge is -2.06. The third-order valence-electron chi connectivity index (χ3n) is 3.18. The van der Waals surface area contributed by atoms with Gasteiger partial charge in [0.1, 0.15) is 0 Å². The standard InChI is InChI=1S/C17H13IN2OS/c1-20-16(21)15(11-12-7-5-6-10-14(12)18)22-17(20)19-13-8-3-2-4-9-13/h2-11H,1H3. The third-order valence-corrected chi connectivity index (χ3v) is 5.22. The van der Waals surface area contributed by atoms with Crippen LogP contribution in [0.25, 0.3) is 6.08 Å². The molecule has 0 saturated carbocycles. The largest absolute Gasteiger partial charge is 0.290 e. The number of halogens is 1. The Balaban J connectivity index is 1.92. The topological polar surface area (TPSA) is 32.7 Å². The summed E-state index contributed by atoms with van der Waals surface area (Å²) in [7, 11) is 1.76. The van der Waals surface area contributed by atoms with Crippen molar-refractivity contribution in [2.45, 2.75) is 0 Å². The fraction of sp³-hybridized carbons (Fsp3) is 0.0588. The Labute approximate surface area is 147 Å². The molecular weight excluding hydrogens is 407 g/mol. The normalized spacial score (nSPS) is 18.5. The van der Waals surface area contributed by atoms with Crippen molar-refractivity contribution in [1.82, 2.24) is 4.90 Å². The van der Waals surface area contributed by atoms with E-state index in [1.165, 1.54) is 11.8 Å². The molecular formula is C17H13IN2OS. The van der Waals surface area contributed by atoms with Crippen LogP contribution in [0.1, 0.15) is 5.56 Å². The Morgan fingerprint density at radius 3 is 2.50 bits per heavy atom. The molecule has 2 aromatic rings. The van der Waals surface area contributed by atoms with E-state index in [1.807, 2.05) is 60.7 Å². The highest BCUT2D eigenvalue weighted by molar-refractivity contribution is 14.1. The smallest absolute Gasteiger partial charge is 0.266 e. The van der Waals surface area contributed by atoms with Gasteiger partial charge in [0.15, 0.2) is 5.17 Å². The van der Waals surface area contributed by atoms with Crippen LogP contribution in [0.4, 0.5) is 5.69 Å². The number of benzene rings is 2. The molecule has 1 fully saturated rings. The number of thioether (sulfide) groups is 1. The van der Waals surface area contributed by atoms with E-state index in [9.17, 15) is 4.79 Å². The van der Waals surface area contributed by atoms with E-state index in [2.05, 4.69) is 27.6 Å². The molecule has 1 aliphatic heterocycles. The summed E-state index contributed by atoms with van der Waals surface area (Å²) < 4.78 is 1.12. The predicted molar refractivity (Wildman–Crippen MR) is 101 cm³/mol. The van der Waals surface area contributed by atoms with Crippen molar-refractivity contribution in [2.75, 3.05) is 7.05 Å². The first-order chi connectivity index (χ1) is 10.6. The predicted octanol–water partition coefficient (Wildman–Crippen LogP) is 4.53. The van der Waals surface area contributed by atoms with Gasteiger partial charge in [-0.3, -0.25) is 9.69 Å². The Bertz CT molecular complexity index is 771. The number of amides is 1. The first kappa shape index (κ1) is 15.3. The zero-order chi connectivity index (χ0) is 15.5. The summed E-state index contributed by atoms with van der Waals surface area (Å²) in [5.74, 6) is -0.0145. The van der Waals surface area contributed by atoms with E-state index in [0.29, 0.717) is 10.1 Å². The van der Waals surface area contributed by atoms with Crippen molar-refractivity contribution < 1.29 is 4.79 Å². The number of aliphatic imine (C=N–C) groups is 1. The van der Waals surface area contributed by atoms with Gasteiger partial charge in [-0.2, -0.15) is 0 Å².